The van der Waals surface area contributed by atoms with Gasteiger partial charge in [-0.15, -0.1) is 0 Å². The second-order valence-electron chi connectivity index (χ2n) is 7.85. The molecule has 0 radical (unpaired) electrons. The number of para-hydroxylation sites is 2. The normalized spacial score (nSPS) is 19.2. The topological polar surface area (TPSA) is 71.1 Å². The van der Waals surface area contributed by atoms with Gasteiger partial charge in [-0.3, -0.25) is 4.90 Å². The summed E-state index contributed by atoms with van der Waals surface area (Å²) in [6.07, 6.45) is 1.63. The fourth-order valence-corrected chi connectivity index (χ4v) is 4.27. The molecule has 0 aromatic heterocycles. The van der Waals surface area contributed by atoms with Gasteiger partial charge in [0.25, 0.3) is 0 Å². The number of hydrogen-bond donors (Lipinski definition) is 1. The van der Waals surface area contributed by atoms with E-state index in [9.17, 15) is 18.4 Å². The number of hydrogen-bond acceptors (Lipinski definition) is 4. The van der Waals surface area contributed by atoms with Gasteiger partial charge in [0.1, 0.15) is 12.4 Å². The lowest BCUT2D eigenvalue weighted by atomic mass is 9.99. The molecule has 2 aromatic carbocycles. The van der Waals surface area contributed by atoms with E-state index in [1.165, 1.54) is 12.1 Å². The van der Waals surface area contributed by atoms with E-state index >= 15 is 0 Å². The number of urea groups is 1. The van der Waals surface area contributed by atoms with E-state index in [4.69, 9.17) is 4.74 Å². The predicted molar refractivity (Wildman–Crippen MR) is 114 cm³/mol. The van der Waals surface area contributed by atoms with Crippen LogP contribution in [0.4, 0.5) is 24.1 Å². The number of ether oxygens (including phenoxy) is 2. The minimum absolute atomic E-state index is 0.0165. The van der Waals surface area contributed by atoms with Crippen molar-refractivity contribution in [3.63, 3.8) is 0 Å². The zero-order chi connectivity index (χ0) is 22.5. The molecule has 2 heterocycles. The zero-order valence-corrected chi connectivity index (χ0v) is 17.5. The number of anilines is 1. The first kappa shape index (κ1) is 21.9. The minimum Gasteiger partial charge on any atom is -0.447 e. The number of cyclic esters (lactones) is 1. The van der Waals surface area contributed by atoms with Gasteiger partial charge in [-0.25, -0.2) is 9.59 Å². The fourth-order valence-electron chi connectivity index (χ4n) is 4.27. The van der Waals surface area contributed by atoms with Crippen LogP contribution in [0.5, 0.6) is 5.75 Å². The number of likely N-dealkylation sites (tertiary alicyclic amines) is 1. The summed E-state index contributed by atoms with van der Waals surface area (Å²) in [5, 5.41) is 2.64. The van der Waals surface area contributed by atoms with Gasteiger partial charge >= 0.3 is 18.7 Å². The molecule has 9 heteroatoms. The summed E-state index contributed by atoms with van der Waals surface area (Å²) in [6.45, 7) is -1.74. The number of carbonyl (C=O) groups excluding carboxylic acids is 2. The van der Waals surface area contributed by atoms with E-state index in [0.29, 0.717) is 39.0 Å². The van der Waals surface area contributed by atoms with Crippen LogP contribution < -0.4 is 10.1 Å². The SMILES string of the molecule is O=C(Nc1ccccc1OC(F)F)N1CCC(N2C(=O)OCC2Cc2ccccc2)CC1. The van der Waals surface area contributed by atoms with Crippen LogP contribution in [0.15, 0.2) is 54.6 Å². The first-order chi connectivity index (χ1) is 15.5. The smallest absolute Gasteiger partial charge is 0.410 e. The van der Waals surface area contributed by atoms with Crippen LogP contribution in [-0.4, -0.2) is 60.3 Å². The molecule has 0 saturated carbocycles. The number of benzene rings is 2. The van der Waals surface area contributed by atoms with E-state index < -0.39 is 12.6 Å². The highest BCUT2D eigenvalue weighted by Gasteiger charge is 2.39. The van der Waals surface area contributed by atoms with Gasteiger partial charge < -0.3 is 19.7 Å². The largest absolute Gasteiger partial charge is 0.447 e. The van der Waals surface area contributed by atoms with Crippen molar-refractivity contribution < 1.29 is 27.8 Å². The lowest BCUT2D eigenvalue weighted by Crippen LogP contribution is -2.51. The van der Waals surface area contributed by atoms with Crippen LogP contribution in [0, 0.1) is 0 Å². The van der Waals surface area contributed by atoms with Crippen molar-refractivity contribution in [1.82, 2.24) is 9.80 Å². The molecule has 3 amide bonds. The van der Waals surface area contributed by atoms with Gasteiger partial charge in [0.05, 0.1) is 11.7 Å². The van der Waals surface area contributed by atoms with Gasteiger partial charge in [0, 0.05) is 19.1 Å². The molecule has 0 spiro atoms. The quantitative estimate of drug-likeness (QED) is 0.718. The molecule has 0 bridgehead atoms. The number of nitrogens with one attached hydrogen (secondary N) is 1. The number of piperidine rings is 1. The lowest BCUT2D eigenvalue weighted by molar-refractivity contribution is -0.0493. The highest BCUT2D eigenvalue weighted by Crippen LogP contribution is 2.28. The van der Waals surface area contributed by atoms with E-state index in [-0.39, 0.29) is 29.6 Å². The Bertz CT molecular complexity index is 936. The standard InChI is InChI=1S/C23H25F2N3O4/c24-21(25)32-20-9-5-4-8-19(20)26-22(29)27-12-10-17(11-13-27)28-18(15-31-23(28)30)14-16-6-2-1-3-7-16/h1-9,17-18,21H,10-15H2,(H,26,29). The van der Waals surface area contributed by atoms with Gasteiger partial charge in [0.15, 0.2) is 0 Å². The van der Waals surface area contributed by atoms with Crippen molar-refractivity contribution >= 4 is 17.8 Å². The van der Waals surface area contributed by atoms with E-state index in [1.54, 1.807) is 17.0 Å². The monoisotopic (exact) mass is 445 g/mol. The van der Waals surface area contributed by atoms with Gasteiger partial charge in [-0.2, -0.15) is 8.78 Å². The molecule has 2 aliphatic heterocycles. The highest BCUT2D eigenvalue weighted by atomic mass is 19.3. The Kier molecular flexibility index (Phi) is 6.72. The predicted octanol–water partition coefficient (Wildman–Crippen LogP) is 4.35. The number of amides is 3. The Morgan fingerprint density at radius 2 is 1.78 bits per heavy atom. The molecular weight excluding hydrogens is 420 g/mol. The maximum absolute atomic E-state index is 12.7. The Balaban J connectivity index is 1.34. The number of nitrogens with zero attached hydrogens (tertiary/aromatic N) is 2. The molecule has 32 heavy (non-hydrogen) atoms. The van der Waals surface area contributed by atoms with Gasteiger partial charge in [-0.05, 0) is 37.0 Å². The Morgan fingerprint density at radius 3 is 2.50 bits per heavy atom. The fraction of sp³-hybridized carbons (Fsp3) is 0.391. The van der Waals surface area contributed by atoms with Crippen molar-refractivity contribution in [3.05, 3.63) is 60.2 Å². The molecule has 2 aliphatic rings. The molecule has 170 valence electrons. The van der Waals surface area contributed by atoms with Crippen LogP contribution in [0.2, 0.25) is 0 Å². The summed E-state index contributed by atoms with van der Waals surface area (Å²) >= 11 is 0. The Morgan fingerprint density at radius 1 is 1.09 bits per heavy atom. The molecule has 1 N–H and O–H groups in total. The number of halogens is 2. The highest BCUT2D eigenvalue weighted by molar-refractivity contribution is 5.91. The van der Waals surface area contributed by atoms with Crippen LogP contribution in [0.1, 0.15) is 18.4 Å². The molecule has 2 fully saturated rings. The van der Waals surface area contributed by atoms with Crippen molar-refractivity contribution in [2.45, 2.75) is 38.0 Å². The maximum Gasteiger partial charge on any atom is 0.410 e. The number of alkyl halides is 2. The summed E-state index contributed by atoms with van der Waals surface area (Å²) in [4.78, 5) is 28.5. The summed E-state index contributed by atoms with van der Waals surface area (Å²) in [6, 6.07) is 15.6. The van der Waals surface area contributed by atoms with E-state index in [1.807, 2.05) is 35.2 Å². The third kappa shape index (κ3) is 5.09. The average Bonchev–Trinajstić information content (AvgIpc) is 3.15. The second kappa shape index (κ2) is 9.84. The molecule has 1 atom stereocenters. The molecule has 0 aliphatic carbocycles. The van der Waals surface area contributed by atoms with Crippen molar-refractivity contribution in [2.24, 2.45) is 0 Å². The molecule has 7 nitrogen and oxygen atoms in total. The molecule has 2 aromatic rings. The third-order valence-corrected chi connectivity index (χ3v) is 5.81. The van der Waals surface area contributed by atoms with Crippen LogP contribution in [0.25, 0.3) is 0 Å². The van der Waals surface area contributed by atoms with Gasteiger partial charge in [-0.1, -0.05) is 42.5 Å². The van der Waals surface area contributed by atoms with E-state index in [0.717, 1.165) is 5.56 Å². The van der Waals surface area contributed by atoms with Crippen LogP contribution >= 0.6 is 0 Å². The lowest BCUT2D eigenvalue weighted by Gasteiger charge is -2.37. The molecule has 2 saturated heterocycles. The summed E-state index contributed by atoms with van der Waals surface area (Å²) in [5.74, 6) is -0.0886. The summed E-state index contributed by atoms with van der Waals surface area (Å²) in [7, 11) is 0. The van der Waals surface area contributed by atoms with Crippen LogP contribution in [0.3, 0.4) is 0 Å². The summed E-state index contributed by atoms with van der Waals surface area (Å²) < 4.78 is 35.0. The third-order valence-electron chi connectivity index (χ3n) is 5.81. The summed E-state index contributed by atoms with van der Waals surface area (Å²) in [5.41, 5.74) is 1.33. The average molecular weight is 445 g/mol. The first-order valence-corrected chi connectivity index (χ1v) is 10.6. The van der Waals surface area contributed by atoms with Crippen molar-refractivity contribution in [1.29, 1.82) is 0 Å². The van der Waals surface area contributed by atoms with Crippen molar-refractivity contribution in [3.8, 4) is 5.75 Å². The zero-order valence-electron chi connectivity index (χ0n) is 17.5. The molecule has 4 rings (SSSR count). The van der Waals surface area contributed by atoms with Crippen LogP contribution in [-0.2, 0) is 11.2 Å². The first-order valence-electron chi connectivity index (χ1n) is 10.6. The second-order valence-corrected chi connectivity index (χ2v) is 7.85. The minimum atomic E-state index is -2.98. The van der Waals surface area contributed by atoms with E-state index in [2.05, 4.69) is 10.1 Å². The Labute approximate surface area is 184 Å². The van der Waals surface area contributed by atoms with Gasteiger partial charge in [0.2, 0.25) is 0 Å². The molecule has 1 unspecified atom stereocenters. The number of carbonyl (C=O) groups is 2. The van der Waals surface area contributed by atoms with Crippen molar-refractivity contribution in [2.75, 3.05) is 25.0 Å². The Hall–Kier alpha value is -3.36. The maximum atomic E-state index is 12.7. The molecular formula is C23H25F2N3O4. The number of rotatable bonds is 6.